The molecule has 0 aromatic heterocycles. The average Bonchev–Trinajstić information content (AvgIpc) is 2.89. The Bertz CT molecular complexity index is 1450. The number of benzene rings is 3. The van der Waals surface area contributed by atoms with Crippen LogP contribution in [0.15, 0.2) is 77.7 Å². The van der Waals surface area contributed by atoms with Crippen molar-refractivity contribution in [2.45, 2.75) is 64.6 Å². The standard InChI is InChI=1S/C31H39N3O5S/c1-22-14-16-28(17-15-22)40(37,38)34(26-12-9-13-27(19-26)39-7)21-29(35)33(20-25-11-8-10-23(2)18-25)24(3)30(36)32-31(4,5)6/h8-19,24H,20-21H2,1-7H3,(H,32,36)/t24-/m1/s1. The number of sulfonamides is 1. The van der Waals surface area contributed by atoms with Crippen molar-refractivity contribution < 1.29 is 22.7 Å². The lowest BCUT2D eigenvalue weighted by atomic mass is 10.1. The van der Waals surface area contributed by atoms with Crippen LogP contribution in [-0.2, 0) is 26.2 Å². The van der Waals surface area contributed by atoms with E-state index in [0.717, 1.165) is 21.0 Å². The summed E-state index contributed by atoms with van der Waals surface area (Å²) in [6.07, 6.45) is 0. The molecule has 1 N–H and O–H groups in total. The quantitative estimate of drug-likeness (QED) is 0.380. The van der Waals surface area contributed by atoms with Crippen molar-refractivity contribution in [1.82, 2.24) is 10.2 Å². The molecule has 0 saturated heterocycles. The third-order valence-corrected chi connectivity index (χ3v) is 8.12. The summed E-state index contributed by atoms with van der Waals surface area (Å²) in [6, 6.07) is 19.8. The monoisotopic (exact) mass is 565 g/mol. The molecule has 1 atom stereocenters. The highest BCUT2D eigenvalue weighted by atomic mass is 32.2. The minimum atomic E-state index is -4.15. The Kier molecular flexibility index (Phi) is 9.63. The van der Waals surface area contributed by atoms with E-state index in [1.54, 1.807) is 43.3 Å². The zero-order valence-electron chi connectivity index (χ0n) is 24.3. The number of aryl methyl sites for hydroxylation is 2. The number of nitrogens with zero attached hydrogens (tertiary/aromatic N) is 2. The van der Waals surface area contributed by atoms with Crippen molar-refractivity contribution >= 4 is 27.5 Å². The fourth-order valence-corrected chi connectivity index (χ4v) is 5.60. The summed E-state index contributed by atoms with van der Waals surface area (Å²) in [5.41, 5.74) is 2.52. The zero-order valence-corrected chi connectivity index (χ0v) is 25.1. The Balaban J connectivity index is 2.06. The molecule has 40 heavy (non-hydrogen) atoms. The van der Waals surface area contributed by atoms with Crippen molar-refractivity contribution in [1.29, 1.82) is 0 Å². The van der Waals surface area contributed by atoms with E-state index in [4.69, 9.17) is 4.74 Å². The van der Waals surface area contributed by atoms with Gasteiger partial charge in [-0.2, -0.15) is 0 Å². The van der Waals surface area contributed by atoms with Gasteiger partial charge in [0, 0.05) is 18.2 Å². The van der Waals surface area contributed by atoms with Crippen LogP contribution in [0.1, 0.15) is 44.4 Å². The highest BCUT2D eigenvalue weighted by Crippen LogP contribution is 2.28. The summed E-state index contributed by atoms with van der Waals surface area (Å²) in [5, 5.41) is 2.93. The molecule has 214 valence electrons. The number of nitrogens with one attached hydrogen (secondary N) is 1. The largest absolute Gasteiger partial charge is 0.497 e. The Morgan fingerprint density at radius 2 is 1.57 bits per heavy atom. The molecule has 3 aromatic carbocycles. The van der Waals surface area contributed by atoms with Gasteiger partial charge in [-0.25, -0.2) is 8.42 Å². The normalized spacial score (nSPS) is 12.4. The van der Waals surface area contributed by atoms with Crippen LogP contribution in [0.5, 0.6) is 5.75 Å². The van der Waals surface area contributed by atoms with Crippen molar-refractivity contribution in [3.05, 3.63) is 89.5 Å². The number of hydrogen-bond donors (Lipinski definition) is 1. The molecule has 0 fully saturated rings. The second kappa shape index (κ2) is 12.6. The lowest BCUT2D eigenvalue weighted by Gasteiger charge is -2.33. The maximum atomic E-state index is 14.0. The second-order valence-corrected chi connectivity index (χ2v) is 12.8. The van der Waals surface area contributed by atoms with Gasteiger partial charge in [-0.1, -0.05) is 53.6 Å². The molecule has 0 spiro atoms. The van der Waals surface area contributed by atoms with E-state index in [9.17, 15) is 18.0 Å². The number of methoxy groups -OCH3 is 1. The highest BCUT2D eigenvalue weighted by molar-refractivity contribution is 7.92. The minimum Gasteiger partial charge on any atom is -0.497 e. The van der Waals surface area contributed by atoms with Crippen molar-refractivity contribution in [2.24, 2.45) is 0 Å². The Morgan fingerprint density at radius 3 is 2.17 bits per heavy atom. The van der Waals surface area contributed by atoms with Gasteiger partial charge in [0.15, 0.2) is 0 Å². The summed E-state index contributed by atoms with van der Waals surface area (Å²) < 4.78 is 34.3. The maximum absolute atomic E-state index is 14.0. The predicted molar refractivity (Wildman–Crippen MR) is 158 cm³/mol. The van der Waals surface area contributed by atoms with E-state index in [1.807, 2.05) is 58.9 Å². The molecule has 0 aliphatic rings. The van der Waals surface area contributed by atoms with Crippen LogP contribution in [-0.4, -0.2) is 50.4 Å². The molecule has 0 aliphatic carbocycles. The molecular formula is C31H39N3O5S. The van der Waals surface area contributed by atoms with Gasteiger partial charge in [-0.3, -0.25) is 13.9 Å². The van der Waals surface area contributed by atoms with Crippen LogP contribution in [0.4, 0.5) is 5.69 Å². The first-order chi connectivity index (χ1) is 18.7. The SMILES string of the molecule is COc1cccc(N(CC(=O)N(Cc2cccc(C)c2)[C@H](C)C(=O)NC(C)(C)C)S(=O)(=O)c2ccc(C)cc2)c1. The number of anilines is 1. The molecule has 8 nitrogen and oxygen atoms in total. The number of amides is 2. The van der Waals surface area contributed by atoms with Gasteiger partial charge >= 0.3 is 0 Å². The fourth-order valence-electron chi connectivity index (χ4n) is 4.20. The van der Waals surface area contributed by atoms with Crippen LogP contribution < -0.4 is 14.4 Å². The average molecular weight is 566 g/mol. The summed E-state index contributed by atoms with van der Waals surface area (Å²) >= 11 is 0. The molecule has 0 unspecified atom stereocenters. The second-order valence-electron chi connectivity index (χ2n) is 11.0. The first-order valence-electron chi connectivity index (χ1n) is 13.1. The molecule has 3 aromatic rings. The highest BCUT2D eigenvalue weighted by Gasteiger charge is 2.33. The maximum Gasteiger partial charge on any atom is 0.264 e. The number of carbonyl (C=O) groups excluding carboxylic acids is 2. The van der Waals surface area contributed by atoms with E-state index in [0.29, 0.717) is 5.75 Å². The van der Waals surface area contributed by atoms with E-state index < -0.39 is 34.1 Å². The first kappa shape index (κ1) is 30.7. The van der Waals surface area contributed by atoms with Crippen LogP contribution >= 0.6 is 0 Å². The topological polar surface area (TPSA) is 96.0 Å². The van der Waals surface area contributed by atoms with E-state index in [-0.39, 0.29) is 23.0 Å². The van der Waals surface area contributed by atoms with Gasteiger partial charge in [0.25, 0.3) is 10.0 Å². The van der Waals surface area contributed by atoms with Gasteiger partial charge in [0.05, 0.1) is 17.7 Å². The molecular weight excluding hydrogens is 526 g/mol. The molecule has 0 bridgehead atoms. The van der Waals surface area contributed by atoms with Crippen LogP contribution in [0.2, 0.25) is 0 Å². The van der Waals surface area contributed by atoms with E-state index in [1.165, 1.54) is 24.1 Å². The lowest BCUT2D eigenvalue weighted by Crippen LogP contribution is -2.54. The summed E-state index contributed by atoms with van der Waals surface area (Å²) in [7, 11) is -2.66. The summed E-state index contributed by atoms with van der Waals surface area (Å²) in [5.74, 6) is -0.400. The Morgan fingerprint density at radius 1 is 0.925 bits per heavy atom. The van der Waals surface area contributed by atoms with Crippen molar-refractivity contribution in [3.63, 3.8) is 0 Å². The zero-order chi connectivity index (χ0) is 29.7. The van der Waals surface area contributed by atoms with Crippen LogP contribution in [0, 0.1) is 13.8 Å². The molecule has 0 aliphatic heterocycles. The number of rotatable bonds is 10. The van der Waals surface area contributed by atoms with Gasteiger partial charge in [0.1, 0.15) is 18.3 Å². The molecule has 2 amide bonds. The summed E-state index contributed by atoms with van der Waals surface area (Å²) in [6.45, 7) is 10.7. The van der Waals surface area contributed by atoms with Gasteiger partial charge in [-0.15, -0.1) is 0 Å². The molecule has 0 heterocycles. The fraction of sp³-hybridized carbons (Fsp3) is 0.355. The number of hydrogen-bond acceptors (Lipinski definition) is 5. The van der Waals surface area contributed by atoms with Crippen molar-refractivity contribution in [3.8, 4) is 5.75 Å². The van der Waals surface area contributed by atoms with Gasteiger partial charge in [0.2, 0.25) is 11.8 Å². The third-order valence-electron chi connectivity index (χ3n) is 6.33. The molecule has 9 heteroatoms. The molecule has 3 rings (SSSR count). The number of carbonyl (C=O) groups is 2. The minimum absolute atomic E-state index is 0.0532. The molecule has 0 saturated carbocycles. The van der Waals surface area contributed by atoms with E-state index in [2.05, 4.69) is 5.32 Å². The van der Waals surface area contributed by atoms with Crippen molar-refractivity contribution in [2.75, 3.05) is 18.0 Å². The van der Waals surface area contributed by atoms with Gasteiger partial charge in [-0.05, 0) is 71.4 Å². The summed E-state index contributed by atoms with van der Waals surface area (Å²) in [4.78, 5) is 28.7. The van der Waals surface area contributed by atoms with Crippen LogP contribution in [0.25, 0.3) is 0 Å². The predicted octanol–water partition coefficient (Wildman–Crippen LogP) is 4.84. The smallest absolute Gasteiger partial charge is 0.264 e. The molecule has 0 radical (unpaired) electrons. The van der Waals surface area contributed by atoms with Crippen LogP contribution in [0.3, 0.4) is 0 Å². The van der Waals surface area contributed by atoms with E-state index >= 15 is 0 Å². The Hall–Kier alpha value is -3.85. The Labute approximate surface area is 238 Å². The first-order valence-corrected chi connectivity index (χ1v) is 14.6. The number of ether oxygens (including phenoxy) is 1. The third kappa shape index (κ3) is 7.85. The lowest BCUT2D eigenvalue weighted by molar-refractivity contribution is -0.140. The van der Waals surface area contributed by atoms with Gasteiger partial charge < -0.3 is 15.0 Å².